The normalized spacial score (nSPS) is 10.0. The Morgan fingerprint density at radius 2 is 2.21 bits per heavy atom. The van der Waals surface area contributed by atoms with Crippen LogP contribution in [0.2, 0.25) is 5.02 Å². The molecule has 6 heteroatoms. The summed E-state index contributed by atoms with van der Waals surface area (Å²) in [5.41, 5.74) is 0. The van der Waals surface area contributed by atoms with Crippen molar-refractivity contribution < 1.29 is 4.74 Å². The van der Waals surface area contributed by atoms with Gasteiger partial charge in [-0.1, -0.05) is 11.6 Å². The van der Waals surface area contributed by atoms with Crippen molar-refractivity contribution in [2.45, 2.75) is 4.90 Å². The van der Waals surface area contributed by atoms with Gasteiger partial charge in [-0.2, -0.15) is 0 Å². The summed E-state index contributed by atoms with van der Waals surface area (Å²) in [6.07, 6.45) is 1.90. The highest BCUT2D eigenvalue weighted by Gasteiger charge is 2.11. The maximum absolute atomic E-state index is 6.05. The second kappa shape index (κ2) is 5.56. The van der Waals surface area contributed by atoms with Crippen molar-refractivity contribution >= 4 is 67.6 Å². The van der Waals surface area contributed by atoms with E-state index in [0.29, 0.717) is 10.8 Å². The van der Waals surface area contributed by atoms with Gasteiger partial charge in [0, 0.05) is 4.47 Å². The smallest absolute Gasteiger partial charge is 0.260 e. The number of ether oxygens (including phenoxy) is 1. The molecule has 0 amide bonds. The molecule has 0 N–H and O–H groups in total. The zero-order chi connectivity index (χ0) is 10.7. The second-order valence-corrected chi connectivity index (χ2v) is 5.22. The first-order chi connectivity index (χ1) is 6.56. The molecule has 0 spiro atoms. The Labute approximate surface area is 110 Å². The van der Waals surface area contributed by atoms with E-state index < -0.39 is 0 Å². The Kier molecular flexibility index (Phi) is 5.00. The Morgan fingerprint density at radius 3 is 2.71 bits per heavy atom. The van der Waals surface area contributed by atoms with Gasteiger partial charge >= 0.3 is 0 Å². The maximum Gasteiger partial charge on any atom is 0.260 e. The van der Waals surface area contributed by atoms with Gasteiger partial charge in [0.1, 0.15) is 5.75 Å². The van der Waals surface area contributed by atoms with Crippen LogP contribution in [0.5, 0.6) is 5.75 Å². The van der Waals surface area contributed by atoms with Gasteiger partial charge in [-0.3, -0.25) is 0 Å². The zero-order valence-electron chi connectivity index (χ0n) is 7.01. The van der Waals surface area contributed by atoms with Gasteiger partial charge in [0.15, 0.2) is 0 Å². The van der Waals surface area contributed by atoms with Gasteiger partial charge in [-0.15, -0.1) is 11.8 Å². The van der Waals surface area contributed by atoms with Gasteiger partial charge in [-0.05, 0) is 58.1 Å². The highest BCUT2D eigenvalue weighted by Crippen LogP contribution is 2.39. The summed E-state index contributed by atoms with van der Waals surface area (Å²) in [5.74, 6) is 0.575. The molecular formula is C8H5BrCl2OS2. The number of thiocarbonyl (C=S) groups is 1. The Hall–Kier alpha value is 0.520. The first kappa shape index (κ1) is 12.6. The van der Waals surface area contributed by atoms with Crippen molar-refractivity contribution in [3.8, 4) is 5.75 Å². The molecule has 0 heterocycles. The quantitative estimate of drug-likeness (QED) is 0.440. The highest BCUT2D eigenvalue weighted by atomic mass is 79.9. The van der Waals surface area contributed by atoms with E-state index in [-0.39, 0.29) is 4.51 Å². The van der Waals surface area contributed by atoms with Crippen LogP contribution in [0.25, 0.3) is 0 Å². The van der Waals surface area contributed by atoms with E-state index in [2.05, 4.69) is 28.1 Å². The molecule has 0 aliphatic rings. The van der Waals surface area contributed by atoms with E-state index in [0.717, 1.165) is 9.37 Å². The van der Waals surface area contributed by atoms with Crippen LogP contribution in [0.15, 0.2) is 21.5 Å². The lowest BCUT2D eigenvalue weighted by Gasteiger charge is -2.09. The van der Waals surface area contributed by atoms with Gasteiger partial charge in [0.05, 0.1) is 9.92 Å². The molecule has 0 fully saturated rings. The van der Waals surface area contributed by atoms with Crippen LogP contribution >= 0.6 is 63.1 Å². The minimum Gasteiger partial charge on any atom is -0.435 e. The van der Waals surface area contributed by atoms with Crippen LogP contribution in [0.1, 0.15) is 0 Å². The predicted octanol–water partition coefficient (Wildman–Crippen LogP) is 4.73. The summed E-state index contributed by atoms with van der Waals surface area (Å²) in [6, 6.07) is 3.54. The molecule has 76 valence electrons. The number of rotatable bonds is 2. The number of thioether (sulfide) groups is 1. The largest absolute Gasteiger partial charge is 0.435 e. The minimum absolute atomic E-state index is 0.0429. The maximum atomic E-state index is 6.05. The molecule has 0 atom stereocenters. The SMILES string of the molecule is CSc1c(OC(=S)Cl)ccc(Br)c1Cl. The van der Waals surface area contributed by atoms with Crippen molar-refractivity contribution in [3.05, 3.63) is 21.6 Å². The van der Waals surface area contributed by atoms with Gasteiger partial charge in [-0.25, -0.2) is 0 Å². The average Bonchev–Trinajstić information content (AvgIpc) is 2.11. The fourth-order valence-corrected chi connectivity index (χ4v) is 2.49. The number of halogens is 3. The molecule has 14 heavy (non-hydrogen) atoms. The predicted molar refractivity (Wildman–Crippen MR) is 70.0 cm³/mol. The van der Waals surface area contributed by atoms with Crippen LogP contribution in [0, 0.1) is 0 Å². The fourth-order valence-electron chi connectivity index (χ4n) is 0.871. The van der Waals surface area contributed by atoms with E-state index in [4.69, 9.17) is 27.9 Å². The van der Waals surface area contributed by atoms with Crippen molar-refractivity contribution in [2.24, 2.45) is 0 Å². The van der Waals surface area contributed by atoms with E-state index in [1.165, 1.54) is 11.8 Å². The summed E-state index contributed by atoms with van der Waals surface area (Å²) < 4.78 is 5.92. The van der Waals surface area contributed by atoms with E-state index in [1.807, 2.05) is 6.26 Å². The van der Waals surface area contributed by atoms with E-state index >= 15 is 0 Å². The lowest BCUT2D eigenvalue weighted by Crippen LogP contribution is -1.97. The van der Waals surface area contributed by atoms with Gasteiger partial charge in [0.25, 0.3) is 4.51 Å². The number of benzene rings is 1. The Bertz CT molecular complexity index is 371. The van der Waals surface area contributed by atoms with Gasteiger partial charge < -0.3 is 4.74 Å². The molecule has 1 aromatic carbocycles. The first-order valence-electron chi connectivity index (χ1n) is 3.45. The molecule has 0 aliphatic heterocycles. The van der Waals surface area contributed by atoms with Crippen LogP contribution < -0.4 is 4.74 Å². The van der Waals surface area contributed by atoms with Crippen molar-refractivity contribution in [3.63, 3.8) is 0 Å². The molecule has 1 nitrogen and oxygen atoms in total. The fraction of sp³-hybridized carbons (Fsp3) is 0.125. The van der Waals surface area contributed by atoms with Crippen LogP contribution in [0.3, 0.4) is 0 Å². The molecule has 0 unspecified atom stereocenters. The van der Waals surface area contributed by atoms with Gasteiger partial charge in [0.2, 0.25) is 0 Å². The summed E-state index contributed by atoms with van der Waals surface area (Å²) in [5, 5.41) is 0.600. The highest BCUT2D eigenvalue weighted by molar-refractivity contribution is 9.10. The molecule has 0 saturated heterocycles. The second-order valence-electron chi connectivity index (χ2n) is 2.23. The lowest BCUT2D eigenvalue weighted by atomic mass is 10.3. The third-order valence-electron chi connectivity index (χ3n) is 1.41. The average molecular weight is 332 g/mol. The summed E-state index contributed by atoms with van der Waals surface area (Å²) in [7, 11) is 0. The third kappa shape index (κ3) is 3.00. The van der Waals surface area contributed by atoms with Crippen LogP contribution in [-0.4, -0.2) is 10.8 Å². The monoisotopic (exact) mass is 330 g/mol. The van der Waals surface area contributed by atoms with E-state index in [1.54, 1.807) is 12.1 Å². The van der Waals surface area contributed by atoms with Crippen molar-refractivity contribution in [1.82, 2.24) is 0 Å². The third-order valence-corrected chi connectivity index (χ3v) is 3.78. The molecule has 0 radical (unpaired) electrons. The van der Waals surface area contributed by atoms with Crippen LogP contribution in [0.4, 0.5) is 0 Å². The van der Waals surface area contributed by atoms with E-state index in [9.17, 15) is 0 Å². The number of hydrogen-bond acceptors (Lipinski definition) is 3. The van der Waals surface area contributed by atoms with Crippen molar-refractivity contribution in [1.29, 1.82) is 0 Å². The lowest BCUT2D eigenvalue weighted by molar-refractivity contribution is 0.563. The zero-order valence-corrected chi connectivity index (χ0v) is 11.7. The Morgan fingerprint density at radius 1 is 1.57 bits per heavy atom. The molecule has 1 aromatic rings. The summed E-state index contributed by atoms with van der Waals surface area (Å²) in [6.45, 7) is 0. The van der Waals surface area contributed by atoms with Crippen molar-refractivity contribution in [2.75, 3.05) is 6.26 Å². The number of hydrogen-bond donors (Lipinski definition) is 0. The molecule has 0 bridgehead atoms. The standard InChI is InChI=1S/C8H5BrCl2OS2/c1-14-7-5(12-8(11)13)3-2-4(9)6(7)10/h2-3H,1H3. The van der Waals surface area contributed by atoms with Crippen LogP contribution in [-0.2, 0) is 0 Å². The first-order valence-corrected chi connectivity index (χ1v) is 6.63. The Balaban J connectivity index is 3.17. The molecule has 0 aliphatic carbocycles. The molecule has 0 saturated carbocycles. The molecule has 1 rings (SSSR count). The summed E-state index contributed by atoms with van der Waals surface area (Å²) in [4.78, 5) is 0.809. The topological polar surface area (TPSA) is 9.23 Å². The summed E-state index contributed by atoms with van der Waals surface area (Å²) >= 11 is 21.0. The minimum atomic E-state index is -0.0429. The molecular weight excluding hydrogens is 327 g/mol. The molecule has 0 aromatic heterocycles.